The fourth-order valence-electron chi connectivity index (χ4n) is 5.20. The van der Waals surface area contributed by atoms with E-state index in [1.807, 2.05) is 6.92 Å². The van der Waals surface area contributed by atoms with Crippen LogP contribution in [0.4, 0.5) is 0 Å². The summed E-state index contributed by atoms with van der Waals surface area (Å²) >= 11 is 0. The Bertz CT molecular complexity index is 1510. The van der Waals surface area contributed by atoms with E-state index in [4.69, 9.17) is 39.2 Å². The van der Waals surface area contributed by atoms with Crippen LogP contribution >= 0.6 is 0 Å². The average Bonchev–Trinajstić information content (AvgIpc) is 3.18. The molecule has 0 bridgehead atoms. The summed E-state index contributed by atoms with van der Waals surface area (Å²) in [6.07, 6.45) is -7.81. The molecule has 9 N–H and O–H groups in total. The number of unbranched alkanes of at least 4 members (excludes halogenated alkanes) is 1. The van der Waals surface area contributed by atoms with Gasteiger partial charge in [0.25, 0.3) is 5.91 Å². The van der Waals surface area contributed by atoms with E-state index in [1.165, 1.54) is 25.1 Å². The number of hydrogen-bond acceptors (Lipinski definition) is 18. The first-order chi connectivity index (χ1) is 27.6. The second-order valence-corrected chi connectivity index (χ2v) is 12.8. The van der Waals surface area contributed by atoms with E-state index < -0.39 is 72.3 Å². The lowest BCUT2D eigenvalue weighted by atomic mass is 9.96. The Morgan fingerprint density at radius 1 is 0.931 bits per heavy atom. The first kappa shape index (κ1) is 51.1. The molecule has 1 fully saturated rings. The van der Waals surface area contributed by atoms with Crippen molar-refractivity contribution < 1.29 is 87.3 Å². The number of aliphatic hydroxyl groups is 3. The predicted molar refractivity (Wildman–Crippen MR) is 194 cm³/mol. The molecule has 22 heteroatoms. The molecular formula is C36H54N4O18. The van der Waals surface area contributed by atoms with Crippen molar-refractivity contribution in [2.75, 3.05) is 46.1 Å². The number of aliphatic carboxylic acids is 1. The monoisotopic (exact) mass is 830 g/mol. The minimum absolute atomic E-state index is 0.0682. The average molecular weight is 831 g/mol. The molecule has 1 heterocycles. The number of ether oxygens (including phenoxy) is 5. The number of rotatable bonds is 26. The summed E-state index contributed by atoms with van der Waals surface area (Å²) in [5.41, 5.74) is 0.250. The number of Topliss-reactive ketones (excluding diaryl/α,β-unsaturated/α-hetero) is 1. The SMILES string of the molecule is CCCOCCOCC(=O)N[C@@H](CCCCNC(=O)c1cc(COC(C)=O)ccc1O[C@@H]1O[C@H](C(=O)O)[C@@H](O)[C@H](O)[C@H]1O)C(=O)C[C@@H](C)C(=O)NCCON.O=C=O. The van der Waals surface area contributed by atoms with Crippen molar-refractivity contribution in [2.45, 2.75) is 96.2 Å². The van der Waals surface area contributed by atoms with Crippen LogP contribution in [0, 0.1) is 5.92 Å². The van der Waals surface area contributed by atoms with E-state index in [-0.39, 0.29) is 75.6 Å². The number of carbonyl (C=O) groups excluding carboxylic acids is 7. The number of aliphatic hydroxyl groups excluding tert-OH is 3. The second-order valence-electron chi connectivity index (χ2n) is 12.8. The lowest BCUT2D eigenvalue weighted by molar-refractivity contribution is -0.271. The molecule has 58 heavy (non-hydrogen) atoms. The largest absolute Gasteiger partial charge is 0.479 e. The highest BCUT2D eigenvalue weighted by atomic mass is 16.7. The van der Waals surface area contributed by atoms with Gasteiger partial charge in [-0.1, -0.05) is 19.9 Å². The molecule has 22 nitrogen and oxygen atoms in total. The van der Waals surface area contributed by atoms with Crippen molar-refractivity contribution in [3.63, 3.8) is 0 Å². The molecule has 1 aromatic carbocycles. The van der Waals surface area contributed by atoms with Crippen molar-refractivity contribution in [2.24, 2.45) is 11.8 Å². The summed E-state index contributed by atoms with van der Waals surface area (Å²) in [5.74, 6) is -0.144. The molecule has 1 aromatic rings. The number of benzene rings is 1. The number of amides is 3. The summed E-state index contributed by atoms with van der Waals surface area (Å²) in [6.45, 7) is 5.55. The topological polar surface area (TPSA) is 335 Å². The van der Waals surface area contributed by atoms with Crippen molar-refractivity contribution in [1.82, 2.24) is 16.0 Å². The third kappa shape index (κ3) is 19.0. The van der Waals surface area contributed by atoms with Crippen LogP contribution in [0.15, 0.2) is 18.2 Å². The van der Waals surface area contributed by atoms with Gasteiger partial charge >= 0.3 is 18.1 Å². The Kier molecular flexibility index (Phi) is 25.1. The van der Waals surface area contributed by atoms with Crippen LogP contribution in [0.25, 0.3) is 0 Å². The number of carboxylic acid groups (broad SMARTS) is 1. The minimum Gasteiger partial charge on any atom is -0.479 e. The van der Waals surface area contributed by atoms with Gasteiger partial charge in [0, 0.05) is 39.0 Å². The molecule has 0 aromatic heterocycles. The molecule has 0 radical (unpaired) electrons. The highest BCUT2D eigenvalue weighted by Gasteiger charge is 2.48. The first-order valence-electron chi connectivity index (χ1n) is 18.3. The van der Waals surface area contributed by atoms with E-state index in [9.17, 15) is 49.2 Å². The zero-order chi connectivity index (χ0) is 43.6. The molecule has 0 unspecified atom stereocenters. The number of hydrogen-bond donors (Lipinski definition) is 8. The maximum atomic E-state index is 13.4. The quantitative estimate of drug-likeness (QED) is 0.0281. The molecule has 0 aliphatic carbocycles. The first-order valence-corrected chi connectivity index (χ1v) is 18.3. The van der Waals surface area contributed by atoms with E-state index in [0.717, 1.165) is 6.42 Å². The minimum atomic E-state index is -1.96. The molecule has 326 valence electrons. The molecule has 2 rings (SSSR count). The number of esters is 1. The lowest BCUT2D eigenvalue weighted by Crippen LogP contribution is -2.61. The maximum Gasteiger partial charge on any atom is 0.373 e. The van der Waals surface area contributed by atoms with Crippen LogP contribution in [0.5, 0.6) is 5.75 Å². The van der Waals surface area contributed by atoms with Crippen LogP contribution in [-0.2, 0) is 64.0 Å². The predicted octanol–water partition coefficient (Wildman–Crippen LogP) is -2.13. The zero-order valence-corrected chi connectivity index (χ0v) is 32.5. The van der Waals surface area contributed by atoms with Gasteiger partial charge in [-0.3, -0.25) is 24.0 Å². The number of carboxylic acids is 1. The Labute approximate surface area is 333 Å². The third-order valence-corrected chi connectivity index (χ3v) is 8.14. The number of ketones is 1. The van der Waals surface area contributed by atoms with E-state index in [0.29, 0.717) is 31.6 Å². The van der Waals surface area contributed by atoms with Crippen molar-refractivity contribution in [3.05, 3.63) is 29.3 Å². The van der Waals surface area contributed by atoms with Gasteiger partial charge in [-0.15, -0.1) is 0 Å². The van der Waals surface area contributed by atoms with Crippen molar-refractivity contribution in [3.8, 4) is 5.75 Å². The molecule has 0 saturated carbocycles. The second kappa shape index (κ2) is 28.5. The van der Waals surface area contributed by atoms with Crippen molar-refractivity contribution >= 4 is 41.6 Å². The summed E-state index contributed by atoms with van der Waals surface area (Å²) in [7, 11) is 0. The van der Waals surface area contributed by atoms with E-state index in [2.05, 4.69) is 20.8 Å². The molecule has 0 spiro atoms. The van der Waals surface area contributed by atoms with Crippen LogP contribution in [0.1, 0.15) is 68.8 Å². The van der Waals surface area contributed by atoms with Gasteiger partial charge in [-0.2, -0.15) is 9.59 Å². The Morgan fingerprint density at radius 3 is 2.26 bits per heavy atom. The van der Waals surface area contributed by atoms with E-state index >= 15 is 0 Å². The molecule has 1 aliphatic heterocycles. The van der Waals surface area contributed by atoms with Crippen LogP contribution in [-0.4, -0.2) is 145 Å². The number of carbonyl (C=O) groups is 6. The fraction of sp³-hybridized carbons (Fsp3) is 0.639. The van der Waals surface area contributed by atoms with Gasteiger partial charge in [0.2, 0.25) is 18.1 Å². The maximum absolute atomic E-state index is 13.4. The third-order valence-electron chi connectivity index (χ3n) is 8.14. The van der Waals surface area contributed by atoms with Gasteiger partial charge in [-0.05, 0) is 43.4 Å². The highest BCUT2D eigenvalue weighted by molar-refractivity contribution is 5.97. The molecule has 3 amide bonds. The summed E-state index contributed by atoms with van der Waals surface area (Å²) in [4.78, 5) is 95.4. The van der Waals surface area contributed by atoms with Crippen molar-refractivity contribution in [1.29, 1.82) is 0 Å². The van der Waals surface area contributed by atoms with Crippen LogP contribution in [0.2, 0.25) is 0 Å². The smallest absolute Gasteiger partial charge is 0.373 e. The van der Waals surface area contributed by atoms with E-state index in [1.54, 1.807) is 6.92 Å². The number of nitrogens with two attached hydrogens (primary N) is 1. The molecule has 1 saturated heterocycles. The number of nitrogens with one attached hydrogen (secondary N) is 3. The van der Waals surface area contributed by atoms with Gasteiger partial charge in [0.15, 0.2) is 11.9 Å². The Morgan fingerprint density at radius 2 is 1.62 bits per heavy atom. The zero-order valence-electron chi connectivity index (χ0n) is 32.5. The summed E-state index contributed by atoms with van der Waals surface area (Å²) in [5, 5.41) is 48.0. The Balaban J connectivity index is 0.00000542. The molecular weight excluding hydrogens is 776 g/mol. The fourth-order valence-corrected chi connectivity index (χ4v) is 5.20. The molecule has 1 aliphatic rings. The molecule has 7 atom stereocenters. The summed E-state index contributed by atoms with van der Waals surface area (Å²) in [6, 6.07) is 3.12. The van der Waals surface area contributed by atoms with Gasteiger partial charge in [0.05, 0.1) is 31.4 Å². The standard InChI is InChI=1S/C35H54N4O16.CO2/c1-4-12-50-14-15-51-19-27(42)39-24(25(41)16-20(2)32(46)38-11-13-53-36)7-5-6-10-37-33(47)23-17-22(18-52-21(3)40)8-9-26(23)54-35-30(45)28(43)29(44)31(55-35)34(48)49;2-1-3/h8-9,17,20,24,28-31,35,43-45H,4-7,10-16,18-19,36H2,1-3H3,(H,37,47)(H,38,46)(H,39,42)(H,48,49);/t20-,24+,28+,29+,30-,31+,35-;/m1./s1. The van der Waals surface area contributed by atoms with Gasteiger partial charge < -0.3 is 64.9 Å². The van der Waals surface area contributed by atoms with Gasteiger partial charge in [0.1, 0.15) is 37.3 Å². The van der Waals surface area contributed by atoms with Crippen LogP contribution < -0.4 is 26.6 Å². The normalized spacial score (nSPS) is 19.5. The van der Waals surface area contributed by atoms with Gasteiger partial charge in [-0.25, -0.2) is 10.7 Å². The lowest BCUT2D eigenvalue weighted by Gasteiger charge is -2.38. The highest BCUT2D eigenvalue weighted by Crippen LogP contribution is 2.28. The Hall–Kier alpha value is -4.90. The van der Waals surface area contributed by atoms with Crippen LogP contribution in [0.3, 0.4) is 0 Å². The summed E-state index contributed by atoms with van der Waals surface area (Å²) < 4.78 is 26.5.